The molecule has 0 radical (unpaired) electrons. The van der Waals surface area contributed by atoms with Crippen molar-refractivity contribution in [3.63, 3.8) is 0 Å². The van der Waals surface area contributed by atoms with Crippen LogP contribution in [0.4, 0.5) is 0 Å². The Kier molecular flexibility index (Phi) is 4.06. The predicted molar refractivity (Wildman–Crippen MR) is 88.3 cm³/mol. The topological polar surface area (TPSA) is 60.2 Å². The molecule has 0 unspecified atom stereocenters. The lowest BCUT2D eigenvalue weighted by Crippen LogP contribution is -2.35. The Bertz CT molecular complexity index is 738. The summed E-state index contributed by atoms with van der Waals surface area (Å²) >= 11 is 0. The molecule has 1 heterocycles. The molecule has 0 spiro atoms. The predicted octanol–water partition coefficient (Wildman–Crippen LogP) is 2.56. The van der Waals surface area contributed by atoms with E-state index in [-0.39, 0.29) is 5.82 Å². The molecule has 0 bridgehead atoms. The van der Waals surface area contributed by atoms with Gasteiger partial charge in [0.15, 0.2) is 0 Å². The van der Waals surface area contributed by atoms with Gasteiger partial charge in [0.05, 0.1) is 13.8 Å². The zero-order valence-electron chi connectivity index (χ0n) is 13.9. The van der Waals surface area contributed by atoms with Crippen LogP contribution in [0.3, 0.4) is 0 Å². The van der Waals surface area contributed by atoms with Gasteiger partial charge >= 0.3 is 5.97 Å². The van der Waals surface area contributed by atoms with Crippen LogP contribution in [-0.2, 0) is 17.8 Å². The number of carbonyl (C=O) groups is 1. The van der Waals surface area contributed by atoms with Gasteiger partial charge < -0.3 is 4.74 Å². The molecule has 4 rings (SSSR count). The number of carbonyl (C=O) groups excluding carboxylic acids is 1. The quantitative estimate of drug-likeness (QED) is 0.790. The third-order valence-electron chi connectivity index (χ3n) is 4.97. The van der Waals surface area contributed by atoms with Crippen LogP contribution in [0.1, 0.15) is 53.5 Å². The lowest BCUT2D eigenvalue weighted by Gasteiger charge is -2.35. The van der Waals surface area contributed by atoms with Crippen LogP contribution in [0.25, 0.3) is 0 Å². The average Bonchev–Trinajstić information content (AvgIpc) is 3.36. The second-order valence-corrected chi connectivity index (χ2v) is 6.59. The van der Waals surface area contributed by atoms with Gasteiger partial charge in [-0.05, 0) is 43.2 Å². The molecule has 2 aromatic rings. The van der Waals surface area contributed by atoms with Crippen molar-refractivity contribution < 1.29 is 9.53 Å². The molecule has 1 fully saturated rings. The molecular weight excluding hydrogens is 304 g/mol. The summed E-state index contributed by atoms with van der Waals surface area (Å²) in [6.07, 6.45) is 7.65. The van der Waals surface area contributed by atoms with Crippen molar-refractivity contribution in [3.8, 4) is 0 Å². The fraction of sp³-hybridized carbons (Fsp3) is 0.500. The zero-order valence-corrected chi connectivity index (χ0v) is 13.9. The Morgan fingerprint density at radius 2 is 2.17 bits per heavy atom. The maximum absolute atomic E-state index is 11.5. The summed E-state index contributed by atoms with van der Waals surface area (Å²) in [6, 6.07) is 9.79. The number of ether oxygens (including phenoxy) is 1. The Balaban J connectivity index is 1.58. The van der Waals surface area contributed by atoms with E-state index in [1.807, 2.05) is 0 Å². The minimum absolute atomic E-state index is 0.122. The van der Waals surface area contributed by atoms with Crippen molar-refractivity contribution in [3.05, 3.63) is 47.5 Å². The van der Waals surface area contributed by atoms with Crippen molar-refractivity contribution in [2.24, 2.45) is 0 Å². The summed E-state index contributed by atoms with van der Waals surface area (Å²) in [4.78, 5) is 18.1. The lowest BCUT2D eigenvalue weighted by molar-refractivity contribution is 0.0584. The van der Waals surface area contributed by atoms with Crippen molar-refractivity contribution in [1.82, 2.24) is 19.7 Å². The van der Waals surface area contributed by atoms with Gasteiger partial charge in [-0.15, -0.1) is 5.10 Å². The van der Waals surface area contributed by atoms with Crippen molar-refractivity contribution in [1.29, 1.82) is 0 Å². The summed E-state index contributed by atoms with van der Waals surface area (Å²) in [5, 5.41) is 4.27. The lowest BCUT2D eigenvalue weighted by atomic mass is 9.87. The Morgan fingerprint density at radius 1 is 1.33 bits per heavy atom. The SMILES string of the molecule is COC(=O)c1ncn(CN(C2CC2)[C@@H]2CCCc3ccccc32)n1. The fourth-order valence-corrected chi connectivity index (χ4v) is 3.66. The van der Waals surface area contributed by atoms with Crippen LogP contribution in [-0.4, -0.2) is 38.8 Å². The van der Waals surface area contributed by atoms with E-state index in [4.69, 9.17) is 0 Å². The molecule has 2 aliphatic carbocycles. The van der Waals surface area contributed by atoms with Crippen LogP contribution >= 0.6 is 0 Å². The number of benzene rings is 1. The molecule has 1 saturated carbocycles. The van der Waals surface area contributed by atoms with E-state index in [2.05, 4.69) is 44.0 Å². The fourth-order valence-electron chi connectivity index (χ4n) is 3.66. The van der Waals surface area contributed by atoms with Gasteiger partial charge in [0.2, 0.25) is 0 Å². The minimum Gasteiger partial charge on any atom is -0.463 e. The summed E-state index contributed by atoms with van der Waals surface area (Å²) in [5.41, 5.74) is 2.91. The zero-order chi connectivity index (χ0) is 16.5. The monoisotopic (exact) mass is 326 g/mol. The first kappa shape index (κ1) is 15.3. The highest BCUT2D eigenvalue weighted by molar-refractivity contribution is 5.84. The van der Waals surface area contributed by atoms with E-state index < -0.39 is 5.97 Å². The Labute approximate surface area is 141 Å². The highest BCUT2D eigenvalue weighted by atomic mass is 16.5. The molecule has 2 aliphatic rings. The summed E-state index contributed by atoms with van der Waals surface area (Å²) in [7, 11) is 1.35. The highest BCUT2D eigenvalue weighted by Crippen LogP contribution is 2.40. The Hall–Kier alpha value is -2.21. The van der Waals surface area contributed by atoms with Gasteiger partial charge in [-0.2, -0.15) is 0 Å². The number of methoxy groups -OCH3 is 1. The second kappa shape index (κ2) is 6.36. The molecule has 6 heteroatoms. The van der Waals surface area contributed by atoms with E-state index in [9.17, 15) is 4.79 Å². The van der Waals surface area contributed by atoms with Gasteiger partial charge in [0.1, 0.15) is 6.33 Å². The van der Waals surface area contributed by atoms with Crippen LogP contribution in [0.5, 0.6) is 0 Å². The van der Waals surface area contributed by atoms with Crippen molar-refractivity contribution >= 4 is 5.97 Å². The van der Waals surface area contributed by atoms with Gasteiger partial charge in [-0.1, -0.05) is 24.3 Å². The van der Waals surface area contributed by atoms with Gasteiger partial charge in [0.25, 0.3) is 5.82 Å². The number of hydrogen-bond acceptors (Lipinski definition) is 5. The summed E-state index contributed by atoms with van der Waals surface area (Å²) < 4.78 is 6.44. The number of rotatable bonds is 5. The number of nitrogens with zero attached hydrogens (tertiary/aromatic N) is 4. The molecule has 126 valence electrons. The third kappa shape index (κ3) is 2.94. The van der Waals surface area contributed by atoms with Crippen molar-refractivity contribution in [2.45, 2.75) is 50.9 Å². The maximum atomic E-state index is 11.5. The van der Waals surface area contributed by atoms with Crippen LogP contribution in [0.15, 0.2) is 30.6 Å². The normalized spacial score (nSPS) is 20.0. The van der Waals surface area contributed by atoms with E-state index in [0.717, 1.165) is 0 Å². The molecule has 0 amide bonds. The number of fused-ring (bicyclic) bond motifs is 1. The van der Waals surface area contributed by atoms with E-state index in [1.165, 1.54) is 50.3 Å². The molecule has 0 N–H and O–H groups in total. The van der Waals surface area contributed by atoms with Crippen LogP contribution in [0.2, 0.25) is 0 Å². The molecule has 0 saturated heterocycles. The number of esters is 1. The summed E-state index contributed by atoms with van der Waals surface area (Å²) in [5.74, 6) is -0.368. The maximum Gasteiger partial charge on any atom is 0.377 e. The molecule has 6 nitrogen and oxygen atoms in total. The van der Waals surface area contributed by atoms with Crippen molar-refractivity contribution in [2.75, 3.05) is 7.11 Å². The molecule has 1 aromatic heterocycles. The molecular formula is C18H22N4O2. The van der Waals surface area contributed by atoms with E-state index >= 15 is 0 Å². The average molecular weight is 326 g/mol. The first-order chi connectivity index (χ1) is 11.8. The van der Waals surface area contributed by atoms with Gasteiger partial charge in [0, 0.05) is 12.1 Å². The molecule has 1 aromatic carbocycles. The molecule has 0 aliphatic heterocycles. The number of hydrogen-bond donors (Lipinski definition) is 0. The van der Waals surface area contributed by atoms with E-state index in [1.54, 1.807) is 11.0 Å². The third-order valence-corrected chi connectivity index (χ3v) is 4.97. The van der Waals surface area contributed by atoms with Gasteiger partial charge in [-0.25, -0.2) is 14.5 Å². The second-order valence-electron chi connectivity index (χ2n) is 6.59. The largest absolute Gasteiger partial charge is 0.463 e. The summed E-state index contributed by atoms with van der Waals surface area (Å²) in [6.45, 7) is 0.660. The van der Waals surface area contributed by atoms with Gasteiger partial charge in [-0.3, -0.25) is 4.90 Å². The minimum atomic E-state index is -0.491. The standard InChI is InChI=1S/C18H22N4O2/c1-24-18(23)17-19-11-21(20-17)12-22(14-9-10-14)16-8-4-6-13-5-2-3-7-15(13)16/h2-3,5,7,11,14,16H,4,6,8-10,12H2,1H3/t16-/m1/s1. The van der Waals surface area contributed by atoms with Crippen LogP contribution in [0, 0.1) is 0 Å². The molecule has 1 atom stereocenters. The Morgan fingerprint density at radius 3 is 2.96 bits per heavy atom. The van der Waals surface area contributed by atoms with E-state index in [0.29, 0.717) is 18.8 Å². The molecule has 24 heavy (non-hydrogen) atoms. The van der Waals surface area contributed by atoms with Crippen LogP contribution < -0.4 is 0 Å². The first-order valence-corrected chi connectivity index (χ1v) is 8.57. The highest BCUT2D eigenvalue weighted by Gasteiger charge is 2.36. The number of aryl methyl sites for hydroxylation is 1. The number of aromatic nitrogens is 3. The smallest absolute Gasteiger partial charge is 0.377 e. The first-order valence-electron chi connectivity index (χ1n) is 8.57.